The summed E-state index contributed by atoms with van der Waals surface area (Å²) in [6, 6.07) is -0.305. The molecule has 4 N–H and O–H groups in total. The van der Waals surface area contributed by atoms with Gasteiger partial charge in [-0.1, -0.05) is 47.0 Å². The predicted molar refractivity (Wildman–Crippen MR) is 136 cm³/mol. The van der Waals surface area contributed by atoms with Crippen LogP contribution in [0.25, 0.3) is 0 Å². The quantitative estimate of drug-likeness (QED) is 0.214. The molecule has 0 saturated carbocycles. The average molecular weight is 498 g/mol. The first-order valence-electron chi connectivity index (χ1n) is 12.5. The number of alkyl carbamates (subject to hydrolysis) is 1. The number of carbonyl (C=O) groups is 4. The third kappa shape index (κ3) is 20.3. The van der Waals surface area contributed by atoms with Gasteiger partial charge in [0.1, 0.15) is 23.7 Å². The number of unbranched alkanes of at least 4 members (excludes halogenated alkanes) is 2. The predicted octanol–water partition coefficient (Wildman–Crippen LogP) is 3.16. The molecule has 0 aliphatic rings. The Morgan fingerprint density at radius 2 is 1.51 bits per heavy atom. The lowest BCUT2D eigenvalue weighted by Crippen LogP contribution is -2.55. The minimum Gasteiger partial charge on any atom is -0.444 e. The van der Waals surface area contributed by atoms with Gasteiger partial charge in [-0.2, -0.15) is 5.26 Å². The number of nitrogens with zero attached hydrogens (tertiary/aromatic N) is 1. The van der Waals surface area contributed by atoms with E-state index in [0.717, 1.165) is 38.6 Å². The fourth-order valence-corrected chi connectivity index (χ4v) is 2.79. The van der Waals surface area contributed by atoms with Crippen LogP contribution in [0.1, 0.15) is 93.9 Å². The average Bonchev–Trinajstić information content (AvgIpc) is 2.75. The summed E-state index contributed by atoms with van der Waals surface area (Å²) in [6.45, 7) is 15.6. The van der Waals surface area contributed by atoms with Crippen molar-refractivity contribution < 1.29 is 23.9 Å². The normalized spacial score (nSPS) is 13.1. The number of rotatable bonds is 14. The summed E-state index contributed by atoms with van der Waals surface area (Å²) in [7, 11) is 0. The fraction of sp³-hybridized carbons (Fsp3) is 0.800. The summed E-state index contributed by atoms with van der Waals surface area (Å²) in [5.41, 5.74) is -0.677. The molecule has 0 aromatic heterocycles. The van der Waals surface area contributed by atoms with E-state index < -0.39 is 41.6 Å². The minimum atomic E-state index is -0.800. The second kappa shape index (κ2) is 19.5. The van der Waals surface area contributed by atoms with Crippen molar-refractivity contribution in [2.75, 3.05) is 6.54 Å². The van der Waals surface area contributed by atoms with Crippen LogP contribution in [0.5, 0.6) is 0 Å². The van der Waals surface area contributed by atoms with E-state index in [1.54, 1.807) is 27.7 Å². The molecule has 10 nitrogen and oxygen atoms in total. The maximum atomic E-state index is 12.8. The molecule has 0 radical (unpaired) electrons. The van der Waals surface area contributed by atoms with Crippen LogP contribution >= 0.6 is 0 Å². The molecule has 0 aromatic carbocycles. The molecule has 0 rings (SSSR count). The SMILES string of the molecule is CCCCNC=O.CCCC[C@H](NC(=O)OC(C)(C)C)C(=O)NC(CC(C)C)C(=O)NC(C)C#N. The third-order valence-electron chi connectivity index (χ3n) is 4.50. The molecule has 35 heavy (non-hydrogen) atoms. The maximum Gasteiger partial charge on any atom is 0.408 e. The van der Waals surface area contributed by atoms with E-state index in [1.807, 2.05) is 26.8 Å². The van der Waals surface area contributed by atoms with Crippen molar-refractivity contribution >= 4 is 24.3 Å². The topological polar surface area (TPSA) is 149 Å². The molecule has 0 spiro atoms. The van der Waals surface area contributed by atoms with Crippen molar-refractivity contribution in [2.45, 2.75) is 118 Å². The molecule has 10 heteroatoms. The third-order valence-corrected chi connectivity index (χ3v) is 4.50. The monoisotopic (exact) mass is 497 g/mol. The van der Waals surface area contributed by atoms with E-state index >= 15 is 0 Å². The highest BCUT2D eigenvalue weighted by molar-refractivity contribution is 5.91. The molecule has 2 unspecified atom stereocenters. The lowest BCUT2D eigenvalue weighted by molar-refractivity contribution is -0.130. The second-order valence-corrected chi connectivity index (χ2v) is 9.82. The van der Waals surface area contributed by atoms with Crippen LogP contribution in [0.15, 0.2) is 0 Å². The largest absolute Gasteiger partial charge is 0.444 e. The Balaban J connectivity index is 0. The van der Waals surface area contributed by atoms with Gasteiger partial charge < -0.3 is 26.0 Å². The zero-order valence-corrected chi connectivity index (χ0v) is 22.8. The molecule has 0 aliphatic carbocycles. The highest BCUT2D eigenvalue weighted by Crippen LogP contribution is 2.10. The van der Waals surface area contributed by atoms with Gasteiger partial charge in [0.2, 0.25) is 18.2 Å². The zero-order valence-electron chi connectivity index (χ0n) is 22.8. The van der Waals surface area contributed by atoms with Crippen molar-refractivity contribution in [1.29, 1.82) is 5.26 Å². The van der Waals surface area contributed by atoms with E-state index in [2.05, 4.69) is 28.2 Å². The number of ether oxygens (including phenoxy) is 1. The minimum absolute atomic E-state index is 0.154. The van der Waals surface area contributed by atoms with Crippen molar-refractivity contribution in [2.24, 2.45) is 5.92 Å². The van der Waals surface area contributed by atoms with Gasteiger partial charge in [-0.3, -0.25) is 14.4 Å². The first-order valence-corrected chi connectivity index (χ1v) is 12.5. The molecule has 0 aromatic rings. The van der Waals surface area contributed by atoms with Gasteiger partial charge in [-0.25, -0.2) is 4.79 Å². The Hall–Kier alpha value is -2.83. The van der Waals surface area contributed by atoms with E-state index in [9.17, 15) is 19.2 Å². The Bertz CT molecular complexity index is 670. The Kier molecular flexibility index (Phi) is 19.1. The molecule has 202 valence electrons. The first-order chi connectivity index (χ1) is 16.3. The highest BCUT2D eigenvalue weighted by atomic mass is 16.6. The van der Waals surface area contributed by atoms with Gasteiger partial charge in [0, 0.05) is 6.54 Å². The molecule has 0 heterocycles. The standard InChI is InChI=1S/C20H36N4O4.C5H11NO/c1-8-9-10-15(24-19(27)28-20(5,6)7)17(25)23-16(11-13(2)3)18(26)22-14(4)12-21;1-2-3-4-6-5-7/h13-16H,8-11H2,1-7H3,(H,22,26)(H,23,25)(H,24,27);5H,2-4H2,1H3,(H,6,7)/t14?,15-,16?;/m0./s1. The number of nitriles is 1. The maximum absolute atomic E-state index is 12.8. The number of amides is 4. The van der Waals surface area contributed by atoms with Crippen molar-refractivity contribution in [3.05, 3.63) is 0 Å². The Morgan fingerprint density at radius 3 is 1.97 bits per heavy atom. The molecule has 4 amide bonds. The summed E-state index contributed by atoms with van der Waals surface area (Å²) in [6.07, 6.45) is 4.73. The Labute approximate surface area is 211 Å². The van der Waals surface area contributed by atoms with Crippen molar-refractivity contribution in [3.8, 4) is 6.07 Å². The molecule has 0 bridgehead atoms. The van der Waals surface area contributed by atoms with E-state index in [0.29, 0.717) is 12.8 Å². The van der Waals surface area contributed by atoms with Crippen LogP contribution in [0.4, 0.5) is 4.79 Å². The van der Waals surface area contributed by atoms with Crippen LogP contribution in [0, 0.1) is 17.2 Å². The molecule has 0 aliphatic heterocycles. The second-order valence-electron chi connectivity index (χ2n) is 9.82. The number of nitrogens with one attached hydrogen (secondary N) is 4. The number of hydrogen-bond donors (Lipinski definition) is 4. The molecular weight excluding hydrogens is 450 g/mol. The first kappa shape index (κ1) is 34.3. The summed E-state index contributed by atoms with van der Waals surface area (Å²) in [4.78, 5) is 46.9. The van der Waals surface area contributed by atoms with Gasteiger partial charge in [0.15, 0.2) is 0 Å². The summed E-state index contributed by atoms with van der Waals surface area (Å²) in [5, 5.41) is 19.4. The van der Waals surface area contributed by atoms with E-state index in [4.69, 9.17) is 10.00 Å². The van der Waals surface area contributed by atoms with Gasteiger partial charge in [0.25, 0.3) is 0 Å². The summed E-state index contributed by atoms with van der Waals surface area (Å²) >= 11 is 0. The van der Waals surface area contributed by atoms with Crippen LogP contribution in [-0.2, 0) is 19.1 Å². The highest BCUT2D eigenvalue weighted by Gasteiger charge is 2.29. The van der Waals surface area contributed by atoms with E-state index in [-0.39, 0.29) is 5.92 Å². The van der Waals surface area contributed by atoms with Gasteiger partial charge in [-0.05, 0) is 52.9 Å². The lowest BCUT2D eigenvalue weighted by atomic mass is 10.0. The van der Waals surface area contributed by atoms with Crippen LogP contribution in [0.3, 0.4) is 0 Å². The molecule has 0 saturated heterocycles. The number of carbonyl (C=O) groups excluding carboxylic acids is 4. The lowest BCUT2D eigenvalue weighted by Gasteiger charge is -2.26. The van der Waals surface area contributed by atoms with Crippen LogP contribution < -0.4 is 21.3 Å². The summed E-state index contributed by atoms with van der Waals surface area (Å²) < 4.78 is 5.24. The summed E-state index contributed by atoms with van der Waals surface area (Å²) in [5.74, 6) is -0.700. The smallest absolute Gasteiger partial charge is 0.408 e. The van der Waals surface area contributed by atoms with Crippen molar-refractivity contribution in [1.82, 2.24) is 21.3 Å². The van der Waals surface area contributed by atoms with Crippen LogP contribution in [-0.4, -0.2) is 54.6 Å². The van der Waals surface area contributed by atoms with Gasteiger partial charge >= 0.3 is 6.09 Å². The molecule has 3 atom stereocenters. The Morgan fingerprint density at radius 1 is 0.943 bits per heavy atom. The van der Waals surface area contributed by atoms with Crippen LogP contribution in [0.2, 0.25) is 0 Å². The molecule has 0 fully saturated rings. The van der Waals surface area contributed by atoms with Crippen molar-refractivity contribution in [3.63, 3.8) is 0 Å². The fourth-order valence-electron chi connectivity index (χ4n) is 2.79. The van der Waals surface area contributed by atoms with Gasteiger partial charge in [-0.15, -0.1) is 0 Å². The zero-order chi connectivity index (χ0) is 27.4. The van der Waals surface area contributed by atoms with E-state index in [1.165, 1.54) is 0 Å². The van der Waals surface area contributed by atoms with Gasteiger partial charge in [0.05, 0.1) is 6.07 Å². The number of hydrogen-bond acceptors (Lipinski definition) is 6. The molecular formula is C25H47N5O5.